The first-order valence-corrected chi connectivity index (χ1v) is 12.8. The van der Waals surface area contributed by atoms with E-state index in [9.17, 15) is 19.5 Å². The molecular formula is C29H39ClN2O6. The molecule has 38 heavy (non-hydrogen) atoms. The molecule has 0 aliphatic carbocycles. The van der Waals surface area contributed by atoms with Gasteiger partial charge in [-0.15, -0.1) is 0 Å². The molecule has 3 atom stereocenters. The Kier molecular flexibility index (Phi) is 14.8. The Morgan fingerprint density at radius 1 is 1.13 bits per heavy atom. The lowest BCUT2D eigenvalue weighted by Gasteiger charge is -2.20. The quantitative estimate of drug-likeness (QED) is 0.226. The fraction of sp³-hybridized carbons (Fsp3) is 0.414. The molecule has 0 saturated carbocycles. The van der Waals surface area contributed by atoms with Crippen LogP contribution in [-0.2, 0) is 9.59 Å². The zero-order valence-corrected chi connectivity index (χ0v) is 23.6. The molecule has 208 valence electrons. The number of ether oxygens (including phenoxy) is 1. The predicted octanol–water partition coefficient (Wildman–Crippen LogP) is 4.87. The molecule has 0 aliphatic heterocycles. The van der Waals surface area contributed by atoms with Crippen LogP contribution in [0, 0.1) is 5.92 Å². The van der Waals surface area contributed by atoms with Crippen LogP contribution in [0.15, 0.2) is 80.7 Å². The molecule has 0 spiro atoms. The predicted molar refractivity (Wildman–Crippen MR) is 151 cm³/mol. The van der Waals surface area contributed by atoms with E-state index in [0.717, 1.165) is 5.57 Å². The molecule has 9 heteroatoms. The number of allylic oxidation sites excluding steroid dienone is 6. The molecule has 0 unspecified atom stereocenters. The summed E-state index contributed by atoms with van der Waals surface area (Å²) >= 11 is 5.75. The van der Waals surface area contributed by atoms with Crippen LogP contribution in [0.5, 0.6) is 5.75 Å². The Labute approximate surface area is 229 Å². The Hall–Kier alpha value is -3.36. The van der Waals surface area contributed by atoms with Crippen molar-refractivity contribution in [3.05, 3.63) is 87.7 Å². The molecule has 0 bridgehead atoms. The Morgan fingerprint density at radius 2 is 1.82 bits per heavy atom. The molecule has 3 N–H and O–H groups in total. The normalized spacial score (nSPS) is 15.3. The summed E-state index contributed by atoms with van der Waals surface area (Å²) in [5.74, 6) is -0.358. The van der Waals surface area contributed by atoms with Gasteiger partial charge in [-0.05, 0) is 50.9 Å². The number of halogens is 1. The van der Waals surface area contributed by atoms with E-state index in [1.54, 1.807) is 43.4 Å². The first kappa shape index (κ1) is 32.7. The van der Waals surface area contributed by atoms with Crippen molar-refractivity contribution in [3.63, 3.8) is 0 Å². The maximum absolute atomic E-state index is 12.5. The minimum atomic E-state index is -0.728. The van der Waals surface area contributed by atoms with Crippen LogP contribution >= 0.6 is 11.6 Å². The standard InChI is InChI=1S/C29H39ClN2O6/c1-19(2)27(28(35)31-17-9-11-23(33)14-13-22(5)30)32-26(34)12-8-7-10-20(3)18-21(4)24-15-16-25(37-6)29(36)38-24/h7-10,12-13,15-19,21,23,27,33H,11,14H2,1-6H3,(H,31,35)(H,32,34)/b10-7-,12-8-,17-9-,20-18+,22-13+/t21-,23-,27-/m0/s1. The monoisotopic (exact) mass is 546 g/mol. The van der Waals surface area contributed by atoms with Crippen LogP contribution < -0.4 is 21.0 Å². The van der Waals surface area contributed by atoms with Crippen molar-refractivity contribution in [2.75, 3.05) is 7.11 Å². The summed E-state index contributed by atoms with van der Waals surface area (Å²) < 4.78 is 10.2. The van der Waals surface area contributed by atoms with E-state index < -0.39 is 23.7 Å². The summed E-state index contributed by atoms with van der Waals surface area (Å²) in [7, 11) is 1.41. The van der Waals surface area contributed by atoms with Crippen molar-refractivity contribution in [1.82, 2.24) is 10.6 Å². The number of aliphatic hydroxyl groups is 1. The van der Waals surface area contributed by atoms with Gasteiger partial charge < -0.3 is 24.9 Å². The summed E-state index contributed by atoms with van der Waals surface area (Å²) in [5, 5.41) is 15.9. The van der Waals surface area contributed by atoms with Gasteiger partial charge >= 0.3 is 5.63 Å². The molecule has 1 rings (SSSR count). The van der Waals surface area contributed by atoms with Crippen LogP contribution in [0.25, 0.3) is 0 Å². The Balaban J connectivity index is 2.62. The second-order valence-electron chi connectivity index (χ2n) is 9.17. The average Bonchev–Trinajstić information content (AvgIpc) is 2.86. The zero-order chi connectivity index (χ0) is 28.7. The second-order valence-corrected chi connectivity index (χ2v) is 9.76. The number of rotatable bonds is 14. The van der Waals surface area contributed by atoms with Gasteiger partial charge in [0, 0.05) is 17.0 Å². The molecule has 0 saturated heterocycles. The van der Waals surface area contributed by atoms with Gasteiger partial charge in [-0.3, -0.25) is 9.59 Å². The summed E-state index contributed by atoms with van der Waals surface area (Å²) in [5.41, 5.74) is 0.382. The smallest absolute Gasteiger partial charge is 0.378 e. The van der Waals surface area contributed by atoms with Crippen LogP contribution in [-0.4, -0.2) is 36.2 Å². The first-order valence-electron chi connectivity index (χ1n) is 12.4. The molecule has 0 aromatic carbocycles. The molecule has 1 aromatic rings. The van der Waals surface area contributed by atoms with Crippen LogP contribution in [0.2, 0.25) is 0 Å². The van der Waals surface area contributed by atoms with E-state index in [-0.39, 0.29) is 23.5 Å². The minimum Gasteiger partial charge on any atom is -0.490 e. The highest BCUT2D eigenvalue weighted by atomic mass is 35.5. The number of carbonyl (C=O) groups excluding carboxylic acids is 2. The Bertz CT molecular complexity index is 1130. The van der Waals surface area contributed by atoms with E-state index >= 15 is 0 Å². The van der Waals surface area contributed by atoms with E-state index in [2.05, 4.69) is 10.6 Å². The molecular weight excluding hydrogens is 508 g/mol. The maximum atomic E-state index is 12.5. The van der Waals surface area contributed by atoms with Gasteiger partial charge in [-0.25, -0.2) is 4.79 Å². The zero-order valence-electron chi connectivity index (χ0n) is 22.9. The highest BCUT2D eigenvalue weighted by Gasteiger charge is 2.22. The fourth-order valence-corrected chi connectivity index (χ4v) is 3.37. The van der Waals surface area contributed by atoms with Gasteiger partial charge in [-0.1, -0.05) is 74.4 Å². The highest BCUT2D eigenvalue weighted by Crippen LogP contribution is 2.19. The largest absolute Gasteiger partial charge is 0.490 e. The number of nitrogens with one attached hydrogen (secondary N) is 2. The van der Waals surface area contributed by atoms with E-state index in [1.165, 1.54) is 19.4 Å². The molecule has 1 aromatic heterocycles. The lowest BCUT2D eigenvalue weighted by atomic mass is 10.0. The summed E-state index contributed by atoms with van der Waals surface area (Å²) in [6, 6.07) is 2.55. The van der Waals surface area contributed by atoms with E-state index in [4.69, 9.17) is 20.8 Å². The summed E-state index contributed by atoms with van der Waals surface area (Å²) in [4.78, 5) is 36.7. The topological polar surface area (TPSA) is 118 Å². The minimum absolute atomic E-state index is 0.136. The lowest BCUT2D eigenvalue weighted by molar-refractivity contribution is -0.127. The molecule has 1 heterocycles. The van der Waals surface area contributed by atoms with Gasteiger partial charge in [0.25, 0.3) is 0 Å². The third kappa shape index (κ3) is 12.7. The number of aliphatic hydroxyl groups excluding tert-OH is 1. The summed E-state index contributed by atoms with van der Waals surface area (Å²) in [6.45, 7) is 9.21. The maximum Gasteiger partial charge on any atom is 0.378 e. The van der Waals surface area contributed by atoms with Crippen molar-refractivity contribution in [3.8, 4) is 5.75 Å². The van der Waals surface area contributed by atoms with Crippen LogP contribution in [0.3, 0.4) is 0 Å². The number of hydrogen-bond acceptors (Lipinski definition) is 6. The van der Waals surface area contributed by atoms with Crippen LogP contribution in [0.1, 0.15) is 59.1 Å². The van der Waals surface area contributed by atoms with Gasteiger partial charge in [0.15, 0.2) is 0 Å². The van der Waals surface area contributed by atoms with Crippen molar-refractivity contribution in [2.45, 2.75) is 65.5 Å². The number of hydrogen-bond donors (Lipinski definition) is 3. The van der Waals surface area contributed by atoms with Crippen molar-refractivity contribution in [2.24, 2.45) is 5.92 Å². The number of amides is 2. The third-order valence-corrected chi connectivity index (χ3v) is 5.53. The average molecular weight is 547 g/mol. The molecule has 0 fully saturated rings. The lowest BCUT2D eigenvalue weighted by Crippen LogP contribution is -2.48. The highest BCUT2D eigenvalue weighted by molar-refractivity contribution is 6.29. The molecule has 0 aliphatic rings. The fourth-order valence-electron chi connectivity index (χ4n) is 3.28. The first-order chi connectivity index (χ1) is 17.9. The van der Waals surface area contributed by atoms with E-state index in [1.807, 2.05) is 39.8 Å². The van der Waals surface area contributed by atoms with Crippen molar-refractivity contribution >= 4 is 23.4 Å². The number of carbonyl (C=O) groups is 2. The van der Waals surface area contributed by atoms with Gasteiger partial charge in [-0.2, -0.15) is 0 Å². The van der Waals surface area contributed by atoms with Gasteiger partial charge in [0.05, 0.1) is 13.2 Å². The van der Waals surface area contributed by atoms with Crippen LogP contribution in [0.4, 0.5) is 0 Å². The van der Waals surface area contributed by atoms with Gasteiger partial charge in [0.2, 0.25) is 17.6 Å². The van der Waals surface area contributed by atoms with Crippen molar-refractivity contribution in [1.29, 1.82) is 0 Å². The third-order valence-electron chi connectivity index (χ3n) is 5.38. The molecule has 8 nitrogen and oxygen atoms in total. The number of methoxy groups -OCH3 is 1. The molecule has 2 amide bonds. The van der Waals surface area contributed by atoms with Crippen molar-refractivity contribution < 1.29 is 23.8 Å². The Morgan fingerprint density at radius 3 is 2.42 bits per heavy atom. The van der Waals surface area contributed by atoms with Gasteiger partial charge in [0.1, 0.15) is 11.8 Å². The summed E-state index contributed by atoms with van der Waals surface area (Å²) in [6.07, 6.45) is 13.4. The molecule has 0 radical (unpaired) electrons. The second kappa shape index (κ2) is 17.2. The van der Waals surface area contributed by atoms with E-state index in [0.29, 0.717) is 23.6 Å². The SMILES string of the molecule is COc1ccc([C@@H](C)/C=C(C)/C=C\C=C/C(=O)N[C@H](C(=O)N/C=C\C[C@H](O)C/C=C(\C)Cl)C(C)C)oc1=O.